The van der Waals surface area contributed by atoms with Gasteiger partial charge < -0.3 is 27.0 Å². The second-order valence-corrected chi connectivity index (χ2v) is 10.3. The fourth-order valence-corrected chi connectivity index (χ4v) is 4.89. The van der Waals surface area contributed by atoms with Crippen LogP contribution < -0.4 is 27.0 Å². The van der Waals surface area contributed by atoms with Crippen molar-refractivity contribution in [2.75, 3.05) is 29.0 Å². The van der Waals surface area contributed by atoms with Gasteiger partial charge in [0.05, 0.1) is 29.1 Å². The maximum Gasteiger partial charge on any atom is 0.255 e. The van der Waals surface area contributed by atoms with Crippen LogP contribution in [0.5, 0.6) is 0 Å². The number of rotatable bonds is 8. The summed E-state index contributed by atoms with van der Waals surface area (Å²) in [7, 11) is 0. The number of nitriles is 1. The molecule has 0 aliphatic carbocycles. The second kappa shape index (κ2) is 12.6. The van der Waals surface area contributed by atoms with Crippen LogP contribution in [0.1, 0.15) is 52.9 Å². The van der Waals surface area contributed by atoms with Crippen molar-refractivity contribution in [1.82, 2.24) is 20.3 Å². The molecule has 2 aromatic carbocycles. The van der Waals surface area contributed by atoms with Gasteiger partial charge in [-0.1, -0.05) is 36.4 Å². The third-order valence-electron chi connectivity index (χ3n) is 7.23. The van der Waals surface area contributed by atoms with E-state index in [0.717, 1.165) is 36.1 Å². The standard InChI is InChI=1S/C31H32FN9O/c1-19(22-8-10-24(32)11-9-22)39-31(42)26-13-21(14-33)16-38-29(26)37-15-20-4-6-23(7-5-20)27-17-36-28(35)30(40-27)41-12-2-3-25(34)18-41/h4-11,13,16-17,19,25H,2-3,12,15,18,34H2,1H3,(H2,35,36)(H,37,38)(H,39,42)/t19-,25+/m0/s1. The first-order chi connectivity index (χ1) is 20.3. The van der Waals surface area contributed by atoms with Crippen LogP contribution in [0.15, 0.2) is 67.0 Å². The van der Waals surface area contributed by atoms with Crippen LogP contribution in [0.3, 0.4) is 0 Å². The minimum Gasteiger partial charge on any atom is -0.381 e. The van der Waals surface area contributed by atoms with Gasteiger partial charge in [-0.3, -0.25) is 4.79 Å². The molecular weight excluding hydrogens is 533 g/mol. The molecule has 1 amide bonds. The predicted molar refractivity (Wildman–Crippen MR) is 160 cm³/mol. The van der Waals surface area contributed by atoms with Crippen LogP contribution >= 0.6 is 0 Å². The molecule has 11 heteroatoms. The van der Waals surface area contributed by atoms with Crippen molar-refractivity contribution in [3.8, 4) is 17.3 Å². The number of halogens is 1. The van der Waals surface area contributed by atoms with Gasteiger partial charge in [-0.25, -0.2) is 19.3 Å². The normalized spacial score (nSPS) is 15.5. The number of carbonyl (C=O) groups excluding carboxylic acids is 1. The molecule has 1 saturated heterocycles. The van der Waals surface area contributed by atoms with E-state index < -0.39 is 5.91 Å². The topological polar surface area (TPSA) is 159 Å². The molecule has 6 N–H and O–H groups in total. The van der Waals surface area contributed by atoms with Gasteiger partial charge in [0.15, 0.2) is 11.6 Å². The molecule has 1 aliphatic rings. The quantitative estimate of drug-likeness (QED) is 0.246. The average Bonchev–Trinajstić information content (AvgIpc) is 3.00. The number of nitrogens with zero attached hydrogens (tertiary/aromatic N) is 5. The third-order valence-corrected chi connectivity index (χ3v) is 7.23. The van der Waals surface area contributed by atoms with E-state index in [1.165, 1.54) is 24.4 Å². The number of nitrogens with two attached hydrogens (primary N) is 2. The number of piperidine rings is 1. The van der Waals surface area contributed by atoms with Gasteiger partial charge in [-0.15, -0.1) is 0 Å². The van der Waals surface area contributed by atoms with E-state index in [-0.39, 0.29) is 29.0 Å². The van der Waals surface area contributed by atoms with E-state index in [9.17, 15) is 14.4 Å². The molecule has 2 aromatic heterocycles. The summed E-state index contributed by atoms with van der Waals surface area (Å²) in [5.74, 6) is 0.629. The Hall–Kier alpha value is -5.08. The molecule has 4 aromatic rings. The first-order valence-electron chi connectivity index (χ1n) is 13.7. The summed E-state index contributed by atoms with van der Waals surface area (Å²) in [4.78, 5) is 28.8. The van der Waals surface area contributed by atoms with E-state index in [1.807, 2.05) is 30.3 Å². The lowest BCUT2D eigenvalue weighted by molar-refractivity contribution is 0.0940. The number of aromatic nitrogens is 3. The van der Waals surface area contributed by atoms with Crippen LogP contribution in [-0.4, -0.2) is 40.0 Å². The lowest BCUT2D eigenvalue weighted by Crippen LogP contribution is -2.43. The van der Waals surface area contributed by atoms with E-state index in [1.54, 1.807) is 25.3 Å². The highest BCUT2D eigenvalue weighted by molar-refractivity contribution is 5.99. The molecule has 2 atom stereocenters. The fraction of sp³-hybridized carbons (Fsp3) is 0.258. The molecule has 0 saturated carbocycles. The number of nitrogens with one attached hydrogen (secondary N) is 2. The minimum atomic E-state index is -0.401. The van der Waals surface area contributed by atoms with Crippen molar-refractivity contribution in [1.29, 1.82) is 5.26 Å². The van der Waals surface area contributed by atoms with Crippen LogP contribution in [0.25, 0.3) is 11.3 Å². The van der Waals surface area contributed by atoms with Crippen molar-refractivity contribution in [2.45, 2.75) is 38.4 Å². The Morgan fingerprint density at radius 1 is 1.17 bits per heavy atom. The highest BCUT2D eigenvalue weighted by Crippen LogP contribution is 2.27. The Kier molecular flexibility index (Phi) is 8.55. The molecule has 1 fully saturated rings. The molecule has 0 bridgehead atoms. The van der Waals surface area contributed by atoms with Gasteiger partial charge in [0.1, 0.15) is 17.7 Å². The minimum absolute atomic E-state index is 0.0887. The number of hydrogen-bond acceptors (Lipinski definition) is 9. The van der Waals surface area contributed by atoms with E-state index in [4.69, 9.17) is 16.5 Å². The van der Waals surface area contributed by atoms with Crippen molar-refractivity contribution < 1.29 is 9.18 Å². The number of hydrogen-bond donors (Lipinski definition) is 4. The molecule has 0 spiro atoms. The van der Waals surface area contributed by atoms with E-state index in [2.05, 4.69) is 25.5 Å². The number of carbonyl (C=O) groups is 1. The highest BCUT2D eigenvalue weighted by atomic mass is 19.1. The van der Waals surface area contributed by atoms with Crippen molar-refractivity contribution >= 4 is 23.4 Å². The number of pyridine rings is 1. The molecule has 5 rings (SSSR count). The van der Waals surface area contributed by atoms with Gasteiger partial charge in [0, 0.05) is 37.4 Å². The Balaban J connectivity index is 1.28. The lowest BCUT2D eigenvalue weighted by atomic mass is 10.1. The smallest absolute Gasteiger partial charge is 0.255 e. The van der Waals surface area contributed by atoms with Crippen molar-refractivity contribution in [3.05, 3.63) is 95.1 Å². The summed E-state index contributed by atoms with van der Waals surface area (Å²) in [5.41, 5.74) is 16.1. The molecule has 10 nitrogen and oxygen atoms in total. The Bertz CT molecular complexity index is 1600. The zero-order chi connectivity index (χ0) is 29.6. The highest BCUT2D eigenvalue weighted by Gasteiger charge is 2.21. The van der Waals surface area contributed by atoms with E-state index in [0.29, 0.717) is 36.2 Å². The van der Waals surface area contributed by atoms with Crippen LogP contribution in [0.4, 0.5) is 21.8 Å². The van der Waals surface area contributed by atoms with Crippen LogP contribution in [-0.2, 0) is 6.54 Å². The van der Waals surface area contributed by atoms with Gasteiger partial charge in [0.2, 0.25) is 0 Å². The average molecular weight is 566 g/mol. The second-order valence-electron chi connectivity index (χ2n) is 10.3. The van der Waals surface area contributed by atoms with Gasteiger partial charge in [-0.2, -0.15) is 5.26 Å². The number of amides is 1. The molecule has 214 valence electrons. The molecule has 3 heterocycles. The van der Waals surface area contributed by atoms with Gasteiger partial charge >= 0.3 is 0 Å². The lowest BCUT2D eigenvalue weighted by Gasteiger charge is -2.32. The number of anilines is 3. The number of nitrogen functional groups attached to an aromatic ring is 1. The zero-order valence-corrected chi connectivity index (χ0v) is 23.2. The SMILES string of the molecule is C[C@H](NC(=O)c1cc(C#N)cnc1NCc1ccc(-c2cnc(N)c(N3CCC[C@@H](N)C3)n2)cc1)c1ccc(F)cc1. The number of benzene rings is 2. The molecule has 1 aliphatic heterocycles. The van der Waals surface area contributed by atoms with Gasteiger partial charge in [0.25, 0.3) is 5.91 Å². The maximum absolute atomic E-state index is 13.3. The summed E-state index contributed by atoms with van der Waals surface area (Å²) in [5, 5.41) is 15.5. The summed E-state index contributed by atoms with van der Waals surface area (Å²) in [6.07, 6.45) is 5.05. The summed E-state index contributed by atoms with van der Waals surface area (Å²) >= 11 is 0. The maximum atomic E-state index is 13.3. The van der Waals surface area contributed by atoms with Crippen LogP contribution in [0.2, 0.25) is 0 Å². The van der Waals surface area contributed by atoms with E-state index >= 15 is 0 Å². The molecule has 42 heavy (non-hydrogen) atoms. The summed E-state index contributed by atoms with van der Waals surface area (Å²) in [6.45, 7) is 3.73. The molecule has 0 unspecified atom stereocenters. The van der Waals surface area contributed by atoms with Crippen LogP contribution in [0, 0.1) is 17.1 Å². The Labute approximate surface area is 243 Å². The Morgan fingerprint density at radius 3 is 2.64 bits per heavy atom. The molecule has 0 radical (unpaired) electrons. The monoisotopic (exact) mass is 565 g/mol. The van der Waals surface area contributed by atoms with Gasteiger partial charge in [-0.05, 0) is 49.1 Å². The Morgan fingerprint density at radius 2 is 1.93 bits per heavy atom. The molecular formula is C31H32FN9O. The summed E-state index contributed by atoms with van der Waals surface area (Å²) < 4.78 is 13.3. The fourth-order valence-electron chi connectivity index (χ4n) is 4.89. The third kappa shape index (κ3) is 6.62. The zero-order valence-electron chi connectivity index (χ0n) is 23.2. The first kappa shape index (κ1) is 28.4. The predicted octanol–water partition coefficient (Wildman–Crippen LogP) is 4.16. The van der Waals surface area contributed by atoms with Crippen molar-refractivity contribution in [3.63, 3.8) is 0 Å². The first-order valence-corrected chi connectivity index (χ1v) is 13.7. The van der Waals surface area contributed by atoms with Crippen molar-refractivity contribution in [2.24, 2.45) is 5.73 Å². The summed E-state index contributed by atoms with van der Waals surface area (Å²) in [6, 6.07) is 17.0. The largest absolute Gasteiger partial charge is 0.381 e.